The van der Waals surface area contributed by atoms with Crippen LogP contribution in [0, 0.1) is 10.1 Å². The Labute approximate surface area is 135 Å². The average Bonchev–Trinajstić information content (AvgIpc) is 2.57. The van der Waals surface area contributed by atoms with Crippen LogP contribution in [0.25, 0.3) is 10.9 Å². The minimum atomic E-state index is -1.22. The van der Waals surface area contributed by atoms with Gasteiger partial charge in [-0.05, 0) is 17.7 Å². The van der Waals surface area contributed by atoms with Gasteiger partial charge >= 0.3 is 5.97 Å². The van der Waals surface area contributed by atoms with Gasteiger partial charge in [0, 0.05) is 23.6 Å². The normalized spacial score (nSPS) is 12.0. The Morgan fingerprint density at radius 1 is 1.08 bits per heavy atom. The largest absolute Gasteiger partial charge is 0.479 e. The van der Waals surface area contributed by atoms with E-state index in [2.05, 4.69) is 0 Å². The summed E-state index contributed by atoms with van der Waals surface area (Å²) in [7, 11) is 0. The van der Waals surface area contributed by atoms with E-state index < -0.39 is 22.5 Å². The molecule has 1 heterocycles. The van der Waals surface area contributed by atoms with E-state index in [0.29, 0.717) is 16.5 Å². The fourth-order valence-corrected chi connectivity index (χ4v) is 2.67. The molecule has 1 N–H and O–H groups in total. The van der Waals surface area contributed by atoms with Crippen LogP contribution < -0.4 is 5.56 Å². The third-order valence-corrected chi connectivity index (χ3v) is 3.73. The number of fused-ring (bicyclic) bond motifs is 1. The summed E-state index contributed by atoms with van der Waals surface area (Å²) in [4.78, 5) is 34.5. The van der Waals surface area contributed by atoms with Gasteiger partial charge in [0.1, 0.15) is 0 Å². The van der Waals surface area contributed by atoms with E-state index in [1.54, 1.807) is 30.3 Å². The van der Waals surface area contributed by atoms with Gasteiger partial charge < -0.3 is 5.11 Å². The van der Waals surface area contributed by atoms with Crippen LogP contribution in [0.3, 0.4) is 0 Å². The maximum Gasteiger partial charge on any atom is 0.331 e. The molecule has 24 heavy (non-hydrogen) atoms. The quantitative estimate of drug-likeness (QED) is 0.587. The SMILES string of the molecule is O=C(O)C(c1ccccc1)n1c(=O)ccc2cc([N+](=O)[O-])ccc21. The van der Waals surface area contributed by atoms with Gasteiger partial charge in [-0.1, -0.05) is 30.3 Å². The standard InChI is InChI=1S/C17H12N2O5/c20-15-9-6-12-10-13(19(23)24)7-8-14(12)18(15)16(17(21)22)11-4-2-1-3-5-11/h1-10,16H,(H,21,22). The summed E-state index contributed by atoms with van der Waals surface area (Å²) >= 11 is 0. The Kier molecular flexibility index (Phi) is 3.83. The first-order valence-electron chi connectivity index (χ1n) is 7.06. The highest BCUT2D eigenvalue weighted by Crippen LogP contribution is 2.25. The van der Waals surface area contributed by atoms with Crippen molar-refractivity contribution >= 4 is 22.6 Å². The van der Waals surface area contributed by atoms with Gasteiger partial charge in [-0.15, -0.1) is 0 Å². The first-order valence-corrected chi connectivity index (χ1v) is 7.06. The highest BCUT2D eigenvalue weighted by molar-refractivity contribution is 5.85. The molecule has 1 aromatic heterocycles. The molecule has 120 valence electrons. The number of nitro groups is 1. The molecule has 1 unspecified atom stereocenters. The molecule has 3 rings (SSSR count). The van der Waals surface area contributed by atoms with Crippen molar-refractivity contribution in [2.75, 3.05) is 0 Å². The summed E-state index contributed by atoms with van der Waals surface area (Å²) in [5.41, 5.74) is 0.147. The molecule has 0 radical (unpaired) electrons. The van der Waals surface area contributed by atoms with Crippen LogP contribution in [0.4, 0.5) is 5.69 Å². The molecule has 0 amide bonds. The summed E-state index contributed by atoms with van der Waals surface area (Å²) in [5.74, 6) is -1.19. The lowest BCUT2D eigenvalue weighted by atomic mass is 10.1. The number of benzene rings is 2. The van der Waals surface area contributed by atoms with E-state index in [-0.39, 0.29) is 5.69 Å². The zero-order valence-corrected chi connectivity index (χ0v) is 12.3. The number of rotatable bonds is 4. The topological polar surface area (TPSA) is 102 Å². The monoisotopic (exact) mass is 324 g/mol. The average molecular weight is 324 g/mol. The predicted molar refractivity (Wildman–Crippen MR) is 87.1 cm³/mol. The van der Waals surface area contributed by atoms with Gasteiger partial charge in [0.25, 0.3) is 11.2 Å². The van der Waals surface area contributed by atoms with Crippen LogP contribution in [0.2, 0.25) is 0 Å². The molecule has 0 spiro atoms. The Hall–Kier alpha value is -3.48. The molecule has 0 fully saturated rings. The maximum absolute atomic E-state index is 12.3. The molecule has 7 nitrogen and oxygen atoms in total. The zero-order valence-electron chi connectivity index (χ0n) is 12.3. The van der Waals surface area contributed by atoms with Crippen molar-refractivity contribution in [1.82, 2.24) is 4.57 Å². The van der Waals surface area contributed by atoms with Gasteiger partial charge in [-0.3, -0.25) is 19.5 Å². The molecule has 1 atom stereocenters. The number of carboxylic acids is 1. The lowest BCUT2D eigenvalue weighted by Crippen LogP contribution is -2.30. The van der Waals surface area contributed by atoms with Crippen LogP contribution in [-0.4, -0.2) is 20.6 Å². The molecule has 0 saturated heterocycles. The van der Waals surface area contributed by atoms with E-state index in [1.165, 1.54) is 30.3 Å². The van der Waals surface area contributed by atoms with E-state index in [0.717, 1.165) is 4.57 Å². The Balaban J connectivity index is 2.31. The second-order valence-electron chi connectivity index (χ2n) is 5.19. The van der Waals surface area contributed by atoms with Crippen LogP contribution in [0.15, 0.2) is 65.5 Å². The molecule has 7 heteroatoms. The number of aliphatic carboxylic acids is 1. The van der Waals surface area contributed by atoms with E-state index in [1.807, 2.05) is 0 Å². The number of non-ortho nitro benzene ring substituents is 1. The Morgan fingerprint density at radius 3 is 2.42 bits per heavy atom. The number of hydrogen-bond acceptors (Lipinski definition) is 4. The first kappa shape index (κ1) is 15.4. The van der Waals surface area contributed by atoms with E-state index >= 15 is 0 Å². The summed E-state index contributed by atoms with van der Waals surface area (Å²) < 4.78 is 1.14. The minimum Gasteiger partial charge on any atom is -0.479 e. The number of carbonyl (C=O) groups is 1. The molecule has 0 saturated carbocycles. The predicted octanol–water partition coefficient (Wildman–Crippen LogP) is 2.58. The van der Waals surface area contributed by atoms with Crippen molar-refractivity contribution < 1.29 is 14.8 Å². The summed E-state index contributed by atoms with van der Waals surface area (Å²) in [6.07, 6.45) is 0. The lowest BCUT2D eigenvalue weighted by Gasteiger charge is -2.18. The number of hydrogen-bond donors (Lipinski definition) is 1. The van der Waals surface area contributed by atoms with Gasteiger partial charge in [0.2, 0.25) is 0 Å². The van der Waals surface area contributed by atoms with Crippen LogP contribution >= 0.6 is 0 Å². The third-order valence-electron chi connectivity index (χ3n) is 3.73. The van der Waals surface area contributed by atoms with Crippen molar-refractivity contribution in [3.8, 4) is 0 Å². The van der Waals surface area contributed by atoms with Gasteiger partial charge in [0.05, 0.1) is 10.4 Å². The number of nitro benzene ring substituents is 1. The minimum absolute atomic E-state index is 0.126. The van der Waals surface area contributed by atoms with Crippen molar-refractivity contribution in [2.45, 2.75) is 6.04 Å². The van der Waals surface area contributed by atoms with Crippen LogP contribution in [-0.2, 0) is 4.79 Å². The molecule has 3 aromatic rings. The lowest BCUT2D eigenvalue weighted by molar-refractivity contribution is -0.384. The van der Waals surface area contributed by atoms with Crippen LogP contribution in [0.5, 0.6) is 0 Å². The summed E-state index contributed by atoms with van der Waals surface area (Å²) in [6.45, 7) is 0. The van der Waals surface area contributed by atoms with Crippen molar-refractivity contribution in [3.05, 3.63) is 86.7 Å². The van der Waals surface area contributed by atoms with Gasteiger partial charge in [0.15, 0.2) is 6.04 Å². The molecule has 0 aliphatic rings. The molecular weight excluding hydrogens is 312 g/mol. The zero-order chi connectivity index (χ0) is 17.3. The van der Waals surface area contributed by atoms with Crippen LogP contribution in [0.1, 0.15) is 11.6 Å². The molecule has 0 aliphatic heterocycles. The van der Waals surface area contributed by atoms with Gasteiger partial charge in [-0.25, -0.2) is 4.79 Å². The number of aromatic nitrogens is 1. The molecular formula is C17H12N2O5. The third kappa shape index (κ3) is 2.63. The molecule has 0 bridgehead atoms. The van der Waals surface area contributed by atoms with Crippen molar-refractivity contribution in [1.29, 1.82) is 0 Å². The fraction of sp³-hybridized carbons (Fsp3) is 0.0588. The van der Waals surface area contributed by atoms with Crippen molar-refractivity contribution in [2.24, 2.45) is 0 Å². The number of pyridine rings is 1. The van der Waals surface area contributed by atoms with Gasteiger partial charge in [-0.2, -0.15) is 0 Å². The van der Waals surface area contributed by atoms with E-state index in [9.17, 15) is 24.8 Å². The molecule has 2 aromatic carbocycles. The Bertz CT molecular complexity index is 995. The fourth-order valence-electron chi connectivity index (χ4n) is 2.67. The number of carboxylic acid groups (broad SMARTS) is 1. The second-order valence-corrected chi connectivity index (χ2v) is 5.19. The summed E-state index contributed by atoms with van der Waals surface area (Å²) in [5, 5.41) is 21.0. The second kappa shape index (κ2) is 5.96. The number of nitrogens with zero attached hydrogens (tertiary/aromatic N) is 2. The highest BCUT2D eigenvalue weighted by atomic mass is 16.6. The van der Waals surface area contributed by atoms with E-state index in [4.69, 9.17) is 0 Å². The highest BCUT2D eigenvalue weighted by Gasteiger charge is 2.24. The smallest absolute Gasteiger partial charge is 0.331 e. The van der Waals surface area contributed by atoms with Crippen molar-refractivity contribution in [3.63, 3.8) is 0 Å². The Morgan fingerprint density at radius 2 is 1.79 bits per heavy atom. The summed E-state index contributed by atoms with van der Waals surface area (Å²) in [6, 6.07) is 13.8. The maximum atomic E-state index is 12.3. The molecule has 0 aliphatic carbocycles. The first-order chi connectivity index (χ1) is 11.5.